The minimum absolute atomic E-state index is 0.112. The largest absolute Gasteiger partial charge is 0.372 e. The van der Waals surface area contributed by atoms with Crippen LogP contribution in [0.3, 0.4) is 0 Å². The van der Waals surface area contributed by atoms with E-state index < -0.39 is 5.91 Å². The number of rotatable bonds is 3. The summed E-state index contributed by atoms with van der Waals surface area (Å²) >= 11 is 5.98. The number of carbonyl (C=O) groups is 2. The van der Waals surface area contributed by atoms with Crippen LogP contribution in [0.25, 0.3) is 6.08 Å². The van der Waals surface area contributed by atoms with Crippen LogP contribution in [0, 0.1) is 0 Å². The van der Waals surface area contributed by atoms with Crippen LogP contribution in [0.4, 0.5) is 11.4 Å². The maximum absolute atomic E-state index is 12.7. The lowest BCUT2D eigenvalue weighted by atomic mass is 10.1. The number of anilines is 2. The standard InChI is InChI=1S/C21H20ClN3O2/c22-16-5-4-6-18(14-16)25-21(27)19(20(26)23-25)13-15-7-9-17(10-8-15)24-11-2-1-3-12-24/h4-10,13-14H,1-3,11-12H2,(H,23,26)/b19-13+. The minimum Gasteiger partial charge on any atom is -0.372 e. The molecule has 138 valence electrons. The molecule has 2 aliphatic rings. The van der Waals surface area contributed by atoms with Gasteiger partial charge in [0.05, 0.1) is 5.69 Å². The molecule has 0 bridgehead atoms. The van der Waals surface area contributed by atoms with Crippen LogP contribution in [0.2, 0.25) is 5.02 Å². The fourth-order valence-electron chi connectivity index (χ4n) is 3.45. The van der Waals surface area contributed by atoms with E-state index in [1.807, 2.05) is 24.3 Å². The number of carbonyl (C=O) groups excluding carboxylic acids is 2. The number of piperidine rings is 1. The van der Waals surface area contributed by atoms with Crippen molar-refractivity contribution >= 4 is 40.9 Å². The number of hydrazine groups is 1. The van der Waals surface area contributed by atoms with E-state index in [1.165, 1.54) is 30.0 Å². The van der Waals surface area contributed by atoms with Gasteiger partial charge in [0.1, 0.15) is 5.57 Å². The summed E-state index contributed by atoms with van der Waals surface area (Å²) in [7, 11) is 0. The van der Waals surface area contributed by atoms with Gasteiger partial charge in [-0.1, -0.05) is 29.8 Å². The molecule has 1 N–H and O–H groups in total. The number of hydrogen-bond donors (Lipinski definition) is 1. The Kier molecular flexibility index (Phi) is 4.86. The quantitative estimate of drug-likeness (QED) is 0.650. The molecule has 4 rings (SSSR count). The van der Waals surface area contributed by atoms with Crippen molar-refractivity contribution in [3.63, 3.8) is 0 Å². The molecule has 0 spiro atoms. The zero-order valence-electron chi connectivity index (χ0n) is 14.8. The zero-order valence-corrected chi connectivity index (χ0v) is 15.6. The average Bonchev–Trinajstić information content (AvgIpc) is 2.97. The molecule has 0 aromatic heterocycles. The summed E-state index contributed by atoms with van der Waals surface area (Å²) in [4.78, 5) is 27.3. The third-order valence-corrected chi connectivity index (χ3v) is 5.12. The van der Waals surface area contributed by atoms with Crippen LogP contribution in [0.15, 0.2) is 54.1 Å². The van der Waals surface area contributed by atoms with Gasteiger partial charge in [-0.25, -0.2) is 5.01 Å². The Morgan fingerprint density at radius 3 is 2.37 bits per heavy atom. The maximum atomic E-state index is 12.7. The number of amides is 2. The van der Waals surface area contributed by atoms with Crippen LogP contribution in [0.5, 0.6) is 0 Å². The lowest BCUT2D eigenvalue weighted by molar-refractivity contribution is -0.117. The van der Waals surface area contributed by atoms with E-state index in [4.69, 9.17) is 11.6 Å². The SMILES string of the molecule is O=C1NN(c2cccc(Cl)c2)C(=O)/C1=C/c1ccc(N2CCCCC2)cc1. The van der Waals surface area contributed by atoms with Crippen molar-refractivity contribution in [2.24, 2.45) is 0 Å². The molecule has 0 aliphatic carbocycles. The van der Waals surface area contributed by atoms with Gasteiger partial charge in [-0.2, -0.15) is 0 Å². The first-order chi connectivity index (χ1) is 13.1. The Hall–Kier alpha value is -2.79. The zero-order chi connectivity index (χ0) is 18.8. The topological polar surface area (TPSA) is 52.7 Å². The predicted octanol–water partition coefficient (Wildman–Crippen LogP) is 3.79. The first-order valence-electron chi connectivity index (χ1n) is 9.09. The first kappa shape index (κ1) is 17.6. The monoisotopic (exact) mass is 381 g/mol. The number of benzene rings is 2. The van der Waals surface area contributed by atoms with Crippen LogP contribution >= 0.6 is 11.6 Å². The van der Waals surface area contributed by atoms with E-state index in [1.54, 1.807) is 30.3 Å². The second-order valence-corrected chi connectivity index (χ2v) is 7.20. The molecule has 0 radical (unpaired) electrons. The molecule has 0 saturated carbocycles. The van der Waals surface area contributed by atoms with Gasteiger partial charge in [-0.15, -0.1) is 0 Å². The molecule has 2 aromatic carbocycles. The van der Waals surface area contributed by atoms with Gasteiger partial charge in [0.15, 0.2) is 0 Å². The van der Waals surface area contributed by atoms with Crippen molar-refractivity contribution in [1.29, 1.82) is 0 Å². The van der Waals surface area contributed by atoms with Gasteiger partial charge in [-0.05, 0) is 61.2 Å². The smallest absolute Gasteiger partial charge is 0.282 e. The number of nitrogens with zero attached hydrogens (tertiary/aromatic N) is 2. The molecule has 2 saturated heterocycles. The van der Waals surface area contributed by atoms with Crippen molar-refractivity contribution in [3.8, 4) is 0 Å². The van der Waals surface area contributed by atoms with Crippen LogP contribution in [0.1, 0.15) is 24.8 Å². The minimum atomic E-state index is -0.417. The van der Waals surface area contributed by atoms with E-state index >= 15 is 0 Å². The molecular weight excluding hydrogens is 362 g/mol. The van der Waals surface area contributed by atoms with Crippen molar-refractivity contribution in [3.05, 3.63) is 64.7 Å². The Morgan fingerprint density at radius 2 is 1.67 bits per heavy atom. The molecule has 2 amide bonds. The summed E-state index contributed by atoms with van der Waals surface area (Å²) in [6, 6.07) is 14.8. The summed E-state index contributed by atoms with van der Waals surface area (Å²) in [5, 5.41) is 1.72. The highest BCUT2D eigenvalue weighted by Gasteiger charge is 2.34. The second kappa shape index (κ2) is 7.45. The van der Waals surface area contributed by atoms with E-state index in [0.29, 0.717) is 10.7 Å². The van der Waals surface area contributed by atoms with Crippen molar-refractivity contribution in [2.75, 3.05) is 23.0 Å². The molecule has 6 heteroatoms. The molecule has 2 aliphatic heterocycles. The molecule has 2 fully saturated rings. The summed E-state index contributed by atoms with van der Waals surface area (Å²) in [6.07, 6.45) is 5.36. The Labute approximate surface area is 163 Å². The maximum Gasteiger partial charge on any atom is 0.282 e. The first-order valence-corrected chi connectivity index (χ1v) is 9.47. The van der Waals surface area contributed by atoms with Gasteiger partial charge >= 0.3 is 0 Å². The van der Waals surface area contributed by atoms with Crippen molar-refractivity contribution in [2.45, 2.75) is 19.3 Å². The van der Waals surface area contributed by atoms with Gasteiger partial charge < -0.3 is 4.90 Å². The number of hydrogen-bond acceptors (Lipinski definition) is 3. The average molecular weight is 382 g/mol. The fourth-order valence-corrected chi connectivity index (χ4v) is 3.64. The molecular formula is C21H20ClN3O2. The van der Waals surface area contributed by atoms with Crippen LogP contribution in [-0.2, 0) is 9.59 Å². The van der Waals surface area contributed by atoms with E-state index in [-0.39, 0.29) is 11.5 Å². The lowest BCUT2D eigenvalue weighted by Gasteiger charge is -2.28. The Morgan fingerprint density at radius 1 is 0.926 bits per heavy atom. The third-order valence-electron chi connectivity index (χ3n) is 4.88. The fraction of sp³-hybridized carbons (Fsp3) is 0.238. The normalized spacial score (nSPS) is 18.9. The molecule has 5 nitrogen and oxygen atoms in total. The molecule has 2 heterocycles. The predicted molar refractivity (Wildman–Crippen MR) is 108 cm³/mol. The highest BCUT2D eigenvalue weighted by molar-refractivity contribution is 6.33. The highest BCUT2D eigenvalue weighted by Crippen LogP contribution is 2.25. The summed E-state index contributed by atoms with van der Waals surface area (Å²) < 4.78 is 0. The molecule has 2 aromatic rings. The van der Waals surface area contributed by atoms with Gasteiger partial charge in [0.25, 0.3) is 11.8 Å². The van der Waals surface area contributed by atoms with E-state index in [9.17, 15) is 9.59 Å². The van der Waals surface area contributed by atoms with Crippen molar-refractivity contribution in [1.82, 2.24) is 5.43 Å². The second-order valence-electron chi connectivity index (χ2n) is 6.76. The lowest BCUT2D eigenvalue weighted by Crippen LogP contribution is -2.35. The Balaban J connectivity index is 1.54. The van der Waals surface area contributed by atoms with Crippen LogP contribution in [-0.4, -0.2) is 24.9 Å². The van der Waals surface area contributed by atoms with Gasteiger partial charge in [-0.3, -0.25) is 15.0 Å². The van der Waals surface area contributed by atoms with E-state index in [2.05, 4.69) is 10.3 Å². The summed E-state index contributed by atoms with van der Waals surface area (Å²) in [6.45, 7) is 2.16. The van der Waals surface area contributed by atoms with Crippen LogP contribution < -0.4 is 15.3 Å². The molecule has 27 heavy (non-hydrogen) atoms. The molecule has 0 atom stereocenters. The van der Waals surface area contributed by atoms with Gasteiger partial charge in [0.2, 0.25) is 0 Å². The number of halogens is 1. The third kappa shape index (κ3) is 3.69. The van der Waals surface area contributed by atoms with Gasteiger partial charge in [0, 0.05) is 23.8 Å². The summed E-state index contributed by atoms with van der Waals surface area (Å²) in [5.41, 5.74) is 5.24. The summed E-state index contributed by atoms with van der Waals surface area (Å²) in [5.74, 6) is -0.803. The molecule has 0 unspecified atom stereocenters. The van der Waals surface area contributed by atoms with Crippen molar-refractivity contribution < 1.29 is 9.59 Å². The highest BCUT2D eigenvalue weighted by atomic mass is 35.5. The van der Waals surface area contributed by atoms with E-state index in [0.717, 1.165) is 18.7 Å². The number of nitrogens with one attached hydrogen (secondary N) is 1. The Bertz CT molecular complexity index is 902.